The predicted molar refractivity (Wildman–Crippen MR) is 70.8 cm³/mol. The van der Waals surface area contributed by atoms with E-state index in [0.29, 0.717) is 18.7 Å². The Hall–Kier alpha value is -0.880. The largest absolute Gasteiger partial charge is 0.353 e. The molecule has 2 amide bonds. The molecule has 1 fully saturated rings. The van der Waals surface area contributed by atoms with Crippen LogP contribution in [0.3, 0.4) is 0 Å². The molecular weight excluding hydrogens is 352 g/mol. The molecule has 2 rings (SSSR count). The molecule has 0 aliphatic carbocycles. The fraction of sp³-hybridized carbons (Fsp3) is 0.273. The molecule has 0 radical (unpaired) electrons. The zero-order chi connectivity index (χ0) is 12.4. The van der Waals surface area contributed by atoms with Crippen molar-refractivity contribution >= 4 is 43.7 Å². The molecule has 0 spiro atoms. The Morgan fingerprint density at radius 3 is 2.82 bits per heavy atom. The second-order valence-electron chi connectivity index (χ2n) is 3.70. The third-order valence-electron chi connectivity index (χ3n) is 2.48. The van der Waals surface area contributed by atoms with Crippen LogP contribution in [0.2, 0.25) is 0 Å². The Bertz CT molecular complexity index is 477. The normalized spacial score (nSPS) is 15.6. The number of nitrogens with zero attached hydrogens (tertiary/aromatic N) is 1. The Morgan fingerprint density at radius 1 is 1.35 bits per heavy atom. The van der Waals surface area contributed by atoms with E-state index in [2.05, 4.69) is 37.2 Å². The summed E-state index contributed by atoms with van der Waals surface area (Å²) in [7, 11) is 0. The van der Waals surface area contributed by atoms with E-state index >= 15 is 0 Å². The summed E-state index contributed by atoms with van der Waals surface area (Å²) in [4.78, 5) is 25.0. The minimum absolute atomic E-state index is 0.115. The molecule has 1 heterocycles. The number of benzene rings is 1. The van der Waals surface area contributed by atoms with E-state index in [1.165, 1.54) is 0 Å². The maximum Gasteiger partial charge on any atom is 0.255 e. The van der Waals surface area contributed by atoms with Crippen LogP contribution in [-0.2, 0) is 4.79 Å². The molecule has 1 N–H and O–H groups in total. The lowest BCUT2D eigenvalue weighted by Gasteiger charge is -2.27. The fourth-order valence-corrected chi connectivity index (χ4v) is 2.42. The van der Waals surface area contributed by atoms with Crippen molar-refractivity contribution in [1.29, 1.82) is 0 Å². The third-order valence-corrected chi connectivity index (χ3v) is 3.67. The van der Waals surface area contributed by atoms with Crippen molar-refractivity contribution in [3.63, 3.8) is 0 Å². The highest BCUT2D eigenvalue weighted by Gasteiger charge is 2.23. The number of hydrogen-bond acceptors (Lipinski definition) is 2. The number of piperazine rings is 1. The summed E-state index contributed by atoms with van der Waals surface area (Å²) in [6.07, 6.45) is 0. The summed E-state index contributed by atoms with van der Waals surface area (Å²) in [6, 6.07) is 5.41. The molecule has 0 atom stereocenters. The average molecular weight is 362 g/mol. The van der Waals surface area contributed by atoms with Gasteiger partial charge >= 0.3 is 0 Å². The van der Waals surface area contributed by atoms with Gasteiger partial charge < -0.3 is 10.2 Å². The molecule has 0 saturated carbocycles. The van der Waals surface area contributed by atoms with Gasteiger partial charge in [0, 0.05) is 22.0 Å². The molecule has 4 nitrogen and oxygen atoms in total. The minimum atomic E-state index is -0.131. The second kappa shape index (κ2) is 5.18. The van der Waals surface area contributed by atoms with Crippen LogP contribution in [0.1, 0.15) is 10.4 Å². The average Bonchev–Trinajstić information content (AvgIpc) is 2.31. The first-order chi connectivity index (χ1) is 8.08. The quantitative estimate of drug-likeness (QED) is 0.828. The van der Waals surface area contributed by atoms with E-state index in [4.69, 9.17) is 0 Å². The standard InChI is InChI=1S/C11H10Br2N2O2/c12-7-1-2-9(13)8(5-7)11(17)15-4-3-14-10(16)6-15/h1-2,5H,3-4,6H2,(H,14,16). The zero-order valence-corrected chi connectivity index (χ0v) is 12.0. The van der Waals surface area contributed by atoms with Gasteiger partial charge in [0.15, 0.2) is 0 Å². The lowest BCUT2D eigenvalue weighted by atomic mass is 10.2. The van der Waals surface area contributed by atoms with E-state index < -0.39 is 0 Å². The minimum Gasteiger partial charge on any atom is -0.353 e. The molecule has 90 valence electrons. The first kappa shape index (κ1) is 12.6. The first-order valence-corrected chi connectivity index (χ1v) is 6.67. The molecule has 0 aromatic heterocycles. The molecule has 0 bridgehead atoms. The number of amides is 2. The number of carbonyl (C=O) groups excluding carboxylic acids is 2. The number of rotatable bonds is 1. The van der Waals surface area contributed by atoms with E-state index in [9.17, 15) is 9.59 Å². The van der Waals surface area contributed by atoms with Gasteiger partial charge in [-0.05, 0) is 34.1 Å². The van der Waals surface area contributed by atoms with E-state index in [1.54, 1.807) is 17.0 Å². The second-order valence-corrected chi connectivity index (χ2v) is 5.47. The predicted octanol–water partition coefficient (Wildman–Crippen LogP) is 1.78. The molecule has 0 unspecified atom stereocenters. The topological polar surface area (TPSA) is 49.4 Å². The van der Waals surface area contributed by atoms with Gasteiger partial charge in [-0.1, -0.05) is 15.9 Å². The van der Waals surface area contributed by atoms with Crippen molar-refractivity contribution < 1.29 is 9.59 Å². The van der Waals surface area contributed by atoms with Crippen LogP contribution in [-0.4, -0.2) is 36.3 Å². The van der Waals surface area contributed by atoms with E-state index in [-0.39, 0.29) is 18.4 Å². The number of nitrogens with one attached hydrogen (secondary N) is 1. The molecule has 1 aromatic rings. The van der Waals surface area contributed by atoms with Gasteiger partial charge in [0.25, 0.3) is 5.91 Å². The van der Waals surface area contributed by atoms with Crippen molar-refractivity contribution in [3.8, 4) is 0 Å². The van der Waals surface area contributed by atoms with Gasteiger partial charge in [-0.2, -0.15) is 0 Å². The third kappa shape index (κ3) is 2.87. The lowest BCUT2D eigenvalue weighted by Crippen LogP contribution is -2.50. The lowest BCUT2D eigenvalue weighted by molar-refractivity contribution is -0.123. The van der Waals surface area contributed by atoms with Gasteiger partial charge in [0.05, 0.1) is 12.1 Å². The Kier molecular flexibility index (Phi) is 3.83. The number of halogens is 2. The first-order valence-electron chi connectivity index (χ1n) is 5.09. The summed E-state index contributed by atoms with van der Waals surface area (Å²) in [5.74, 6) is -0.247. The van der Waals surface area contributed by atoms with Crippen LogP contribution in [0.4, 0.5) is 0 Å². The van der Waals surface area contributed by atoms with Crippen LogP contribution >= 0.6 is 31.9 Å². The van der Waals surface area contributed by atoms with Gasteiger partial charge in [0.1, 0.15) is 0 Å². The van der Waals surface area contributed by atoms with Crippen LogP contribution in [0.25, 0.3) is 0 Å². The van der Waals surface area contributed by atoms with Crippen molar-refractivity contribution in [3.05, 3.63) is 32.7 Å². The maximum absolute atomic E-state index is 12.2. The monoisotopic (exact) mass is 360 g/mol. The summed E-state index contributed by atoms with van der Waals surface area (Å²) in [6.45, 7) is 1.18. The van der Waals surface area contributed by atoms with Gasteiger partial charge in [-0.25, -0.2) is 0 Å². The SMILES string of the molecule is O=C1CN(C(=O)c2cc(Br)ccc2Br)CCN1. The Labute approximate surface area is 116 Å². The highest BCUT2D eigenvalue weighted by atomic mass is 79.9. The van der Waals surface area contributed by atoms with E-state index in [1.807, 2.05) is 6.07 Å². The summed E-state index contributed by atoms with van der Waals surface area (Å²) in [5, 5.41) is 2.69. The molecular formula is C11H10Br2N2O2. The number of hydrogen-bond donors (Lipinski definition) is 1. The molecule has 1 aromatic carbocycles. The van der Waals surface area contributed by atoms with Crippen molar-refractivity contribution in [2.75, 3.05) is 19.6 Å². The van der Waals surface area contributed by atoms with Crippen LogP contribution in [0.15, 0.2) is 27.1 Å². The van der Waals surface area contributed by atoms with Gasteiger partial charge in [0.2, 0.25) is 5.91 Å². The summed E-state index contributed by atoms with van der Waals surface area (Å²) >= 11 is 6.67. The van der Waals surface area contributed by atoms with E-state index in [0.717, 1.165) is 8.95 Å². The highest BCUT2D eigenvalue weighted by molar-refractivity contribution is 9.11. The van der Waals surface area contributed by atoms with Crippen LogP contribution in [0, 0.1) is 0 Å². The highest BCUT2D eigenvalue weighted by Crippen LogP contribution is 2.23. The Balaban J connectivity index is 2.24. The fourth-order valence-electron chi connectivity index (χ4n) is 1.64. The number of carbonyl (C=O) groups is 2. The maximum atomic E-state index is 12.2. The molecule has 1 aliphatic heterocycles. The van der Waals surface area contributed by atoms with Gasteiger partial charge in [-0.15, -0.1) is 0 Å². The molecule has 1 aliphatic rings. The molecule has 1 saturated heterocycles. The van der Waals surface area contributed by atoms with Crippen LogP contribution < -0.4 is 5.32 Å². The molecule has 6 heteroatoms. The van der Waals surface area contributed by atoms with Crippen LogP contribution in [0.5, 0.6) is 0 Å². The Morgan fingerprint density at radius 2 is 2.12 bits per heavy atom. The van der Waals surface area contributed by atoms with Crippen molar-refractivity contribution in [2.45, 2.75) is 0 Å². The zero-order valence-electron chi connectivity index (χ0n) is 8.87. The van der Waals surface area contributed by atoms with Crippen molar-refractivity contribution in [1.82, 2.24) is 10.2 Å². The molecule has 17 heavy (non-hydrogen) atoms. The van der Waals surface area contributed by atoms with Crippen molar-refractivity contribution in [2.24, 2.45) is 0 Å². The van der Waals surface area contributed by atoms with Gasteiger partial charge in [-0.3, -0.25) is 9.59 Å². The summed E-state index contributed by atoms with van der Waals surface area (Å²) < 4.78 is 1.57. The smallest absolute Gasteiger partial charge is 0.255 e. The summed E-state index contributed by atoms with van der Waals surface area (Å²) in [5.41, 5.74) is 0.564.